The van der Waals surface area contributed by atoms with Crippen LogP contribution in [-0.4, -0.2) is 23.3 Å². The van der Waals surface area contributed by atoms with Crippen LogP contribution in [0.4, 0.5) is 0 Å². The second-order valence-electron chi connectivity index (χ2n) is 9.03. The summed E-state index contributed by atoms with van der Waals surface area (Å²) in [5, 5.41) is 11.3. The number of hydrogen-bond acceptors (Lipinski definition) is 4. The number of aromatic carboxylic acids is 1. The molecule has 35 heavy (non-hydrogen) atoms. The van der Waals surface area contributed by atoms with E-state index in [9.17, 15) is 19.5 Å². The normalized spacial score (nSPS) is 21.2. The van der Waals surface area contributed by atoms with Crippen molar-refractivity contribution < 1.29 is 24.2 Å². The molecule has 1 aliphatic carbocycles. The van der Waals surface area contributed by atoms with E-state index in [1.165, 1.54) is 0 Å². The first-order chi connectivity index (χ1) is 17.0. The van der Waals surface area contributed by atoms with Gasteiger partial charge in [-0.15, -0.1) is 0 Å². The number of hydrogen-bond donors (Lipinski definition) is 1. The summed E-state index contributed by atoms with van der Waals surface area (Å²) >= 11 is 0. The molecule has 5 rings (SSSR count). The van der Waals surface area contributed by atoms with E-state index in [0.29, 0.717) is 12.2 Å². The Morgan fingerprint density at radius 2 is 1.34 bits per heavy atom. The molecule has 0 bridgehead atoms. The lowest BCUT2D eigenvalue weighted by atomic mass is 9.50. The van der Waals surface area contributed by atoms with E-state index < -0.39 is 5.97 Å². The third-order valence-electron chi connectivity index (χ3n) is 7.15. The lowest BCUT2D eigenvalue weighted by Gasteiger charge is -2.52. The van der Waals surface area contributed by atoms with E-state index >= 15 is 0 Å². The Balaban J connectivity index is 1.62. The average molecular weight is 465 g/mol. The van der Waals surface area contributed by atoms with Crippen LogP contribution in [0.25, 0.3) is 10.8 Å². The Kier molecular flexibility index (Phi) is 5.91. The largest absolute Gasteiger partial charge is 0.478 e. The van der Waals surface area contributed by atoms with Crippen LogP contribution in [0.3, 0.4) is 0 Å². The summed E-state index contributed by atoms with van der Waals surface area (Å²) < 4.78 is 4.98. The molecule has 0 radical (unpaired) electrons. The Morgan fingerprint density at radius 1 is 0.743 bits per heavy atom. The zero-order valence-corrected chi connectivity index (χ0v) is 19.1. The van der Waals surface area contributed by atoms with Crippen molar-refractivity contribution >= 4 is 29.0 Å². The predicted molar refractivity (Wildman–Crippen MR) is 133 cm³/mol. The minimum Gasteiger partial charge on any atom is -0.478 e. The van der Waals surface area contributed by atoms with Gasteiger partial charge in [0.2, 0.25) is 0 Å². The van der Waals surface area contributed by atoms with E-state index in [2.05, 4.69) is 24.3 Å². The highest BCUT2D eigenvalue weighted by atomic mass is 16.5. The molecule has 0 spiro atoms. The van der Waals surface area contributed by atoms with Gasteiger partial charge in [-0.2, -0.15) is 0 Å². The molecular weight excluding hydrogens is 440 g/mol. The van der Waals surface area contributed by atoms with Crippen molar-refractivity contribution in [2.75, 3.05) is 0 Å². The Hall–Kier alpha value is -4.25. The first-order valence-electron chi connectivity index (χ1n) is 11.5. The molecule has 0 amide bonds. The molecule has 4 atom stereocenters. The van der Waals surface area contributed by atoms with Crippen LogP contribution in [0.15, 0.2) is 91.0 Å². The van der Waals surface area contributed by atoms with E-state index in [0.717, 1.165) is 27.5 Å². The number of carboxylic acid groups (broad SMARTS) is 1. The van der Waals surface area contributed by atoms with E-state index in [1.807, 2.05) is 48.5 Å². The van der Waals surface area contributed by atoms with Gasteiger partial charge in [0.15, 0.2) is 0 Å². The van der Waals surface area contributed by atoms with E-state index in [1.54, 1.807) is 25.1 Å². The van der Waals surface area contributed by atoms with Crippen molar-refractivity contribution in [3.63, 3.8) is 0 Å². The van der Waals surface area contributed by atoms with Crippen LogP contribution in [0.1, 0.15) is 51.7 Å². The number of ether oxygens (including phenoxy) is 1. The van der Waals surface area contributed by atoms with Crippen LogP contribution in [0, 0.1) is 5.92 Å². The van der Waals surface area contributed by atoms with Crippen molar-refractivity contribution in [2.24, 2.45) is 5.92 Å². The Bertz CT molecular complexity index is 1410. The molecule has 4 aromatic carbocycles. The number of rotatable bonds is 7. The third kappa shape index (κ3) is 4.10. The first kappa shape index (κ1) is 22.5. The lowest BCUT2D eigenvalue weighted by Crippen LogP contribution is -2.45. The van der Waals surface area contributed by atoms with Crippen molar-refractivity contribution in [3.05, 3.63) is 113 Å². The molecule has 0 unspecified atom stereocenters. The molecule has 1 fully saturated rings. The second-order valence-corrected chi connectivity index (χ2v) is 9.03. The Labute approximate surface area is 203 Å². The van der Waals surface area contributed by atoms with Gasteiger partial charge in [-0.25, -0.2) is 4.79 Å². The standard InChI is InChI=1S/C30H24O5/c1-18(32)26-27(19-5-3-2-4-6-19)29(28(26)20-7-9-21(10-8-20)30(33)34)24-12-11-23-16-25(35-17-31)14-13-22(23)15-24/h2-17,26-29H,1H3,(H,33,34)/t26-,27+,28+,29-/m0/s1. The van der Waals surface area contributed by atoms with Crippen LogP contribution in [-0.2, 0) is 9.59 Å². The molecule has 1 aliphatic rings. The molecule has 1 N–H and O–H groups in total. The summed E-state index contributed by atoms with van der Waals surface area (Å²) in [6.45, 7) is 2.06. The molecular formula is C30H24O5. The number of benzene rings is 4. The first-order valence-corrected chi connectivity index (χ1v) is 11.5. The van der Waals surface area contributed by atoms with Gasteiger partial charge in [0.1, 0.15) is 11.5 Å². The van der Waals surface area contributed by atoms with Crippen LogP contribution in [0.2, 0.25) is 0 Å². The molecule has 4 aromatic rings. The van der Waals surface area contributed by atoms with Gasteiger partial charge < -0.3 is 9.84 Å². The fourth-order valence-corrected chi connectivity index (χ4v) is 5.60. The van der Waals surface area contributed by atoms with Gasteiger partial charge >= 0.3 is 5.97 Å². The number of ketones is 1. The number of carboxylic acids is 1. The Morgan fingerprint density at radius 3 is 1.97 bits per heavy atom. The lowest BCUT2D eigenvalue weighted by molar-refractivity contribution is -0.126. The molecule has 0 aliphatic heterocycles. The van der Waals surface area contributed by atoms with E-state index in [4.69, 9.17) is 4.74 Å². The van der Waals surface area contributed by atoms with Gasteiger partial charge in [-0.05, 0) is 64.6 Å². The maximum absolute atomic E-state index is 12.9. The summed E-state index contributed by atoms with van der Waals surface area (Å²) in [6, 6.07) is 28.7. The average Bonchev–Trinajstić information content (AvgIpc) is 2.84. The highest BCUT2D eigenvalue weighted by molar-refractivity contribution is 5.88. The van der Waals surface area contributed by atoms with E-state index in [-0.39, 0.29) is 35.0 Å². The van der Waals surface area contributed by atoms with Crippen LogP contribution >= 0.6 is 0 Å². The summed E-state index contributed by atoms with van der Waals surface area (Å²) in [5.41, 5.74) is 3.41. The fourth-order valence-electron chi connectivity index (χ4n) is 5.60. The zero-order valence-electron chi connectivity index (χ0n) is 19.1. The van der Waals surface area contributed by atoms with Crippen molar-refractivity contribution in [3.8, 4) is 5.75 Å². The second kappa shape index (κ2) is 9.18. The van der Waals surface area contributed by atoms with Crippen LogP contribution in [0.5, 0.6) is 5.75 Å². The number of Topliss-reactive ketones (excluding diaryl/α,β-unsaturated/α-hetero) is 1. The number of carbonyl (C=O) groups is 3. The quantitative estimate of drug-likeness (QED) is 0.342. The summed E-state index contributed by atoms with van der Waals surface area (Å²) in [6.07, 6.45) is 0. The monoisotopic (exact) mass is 464 g/mol. The smallest absolute Gasteiger partial charge is 0.335 e. The topological polar surface area (TPSA) is 80.7 Å². The zero-order chi connectivity index (χ0) is 24.5. The predicted octanol–water partition coefficient (Wildman–Crippen LogP) is 5.94. The van der Waals surface area contributed by atoms with Gasteiger partial charge in [-0.1, -0.05) is 66.7 Å². The molecule has 0 saturated heterocycles. The van der Waals surface area contributed by atoms with Gasteiger partial charge in [0.05, 0.1) is 5.56 Å². The highest BCUT2D eigenvalue weighted by Gasteiger charge is 2.54. The number of carbonyl (C=O) groups excluding carboxylic acids is 2. The maximum atomic E-state index is 12.9. The minimum absolute atomic E-state index is 0.00738. The SMILES string of the molecule is CC(=O)[C@H]1[C@@H](c2ccccc2)[C@H](c2ccc3cc(OC=O)ccc3c2)[C@@H]1c1ccc(C(=O)O)cc1. The van der Waals surface area contributed by atoms with Gasteiger partial charge in [0.25, 0.3) is 6.47 Å². The summed E-state index contributed by atoms with van der Waals surface area (Å²) in [4.78, 5) is 35.0. The van der Waals surface area contributed by atoms with Crippen LogP contribution < -0.4 is 4.74 Å². The van der Waals surface area contributed by atoms with Crippen molar-refractivity contribution in [1.29, 1.82) is 0 Å². The summed E-state index contributed by atoms with van der Waals surface area (Å²) in [7, 11) is 0. The molecule has 5 heteroatoms. The minimum atomic E-state index is -0.973. The summed E-state index contributed by atoms with van der Waals surface area (Å²) in [5.74, 6) is -0.601. The molecule has 174 valence electrons. The third-order valence-corrected chi connectivity index (χ3v) is 7.15. The maximum Gasteiger partial charge on any atom is 0.335 e. The molecule has 5 nitrogen and oxygen atoms in total. The van der Waals surface area contributed by atoms with Gasteiger partial charge in [-0.3, -0.25) is 9.59 Å². The number of fused-ring (bicyclic) bond motifs is 1. The molecule has 1 saturated carbocycles. The van der Waals surface area contributed by atoms with Gasteiger partial charge in [0, 0.05) is 17.8 Å². The van der Waals surface area contributed by atoms with Crippen molar-refractivity contribution in [1.82, 2.24) is 0 Å². The molecule has 0 aromatic heterocycles. The fraction of sp³-hybridized carbons (Fsp3) is 0.167. The molecule has 0 heterocycles. The highest BCUT2D eigenvalue weighted by Crippen LogP contribution is 2.62. The van der Waals surface area contributed by atoms with Crippen molar-refractivity contribution in [2.45, 2.75) is 24.7 Å².